The van der Waals surface area contributed by atoms with Gasteiger partial charge in [-0.1, -0.05) is 32.0 Å². The van der Waals surface area contributed by atoms with E-state index in [9.17, 15) is 9.59 Å². The highest BCUT2D eigenvalue weighted by molar-refractivity contribution is 6.09. The van der Waals surface area contributed by atoms with Gasteiger partial charge in [-0.15, -0.1) is 0 Å². The van der Waals surface area contributed by atoms with Crippen LogP contribution in [-0.2, 0) is 11.2 Å². The number of hydrogen-bond donors (Lipinski definition) is 0. The van der Waals surface area contributed by atoms with Crippen LogP contribution in [0.5, 0.6) is 0 Å². The lowest BCUT2D eigenvalue weighted by atomic mass is 9.98. The number of carbonyl (C=O) groups excluding carboxylic acids is 2. The predicted octanol–water partition coefficient (Wildman–Crippen LogP) is 1.87. The van der Waals surface area contributed by atoms with E-state index in [2.05, 4.69) is 0 Å². The van der Waals surface area contributed by atoms with E-state index in [0.29, 0.717) is 24.4 Å². The Kier molecular flexibility index (Phi) is 2.77. The summed E-state index contributed by atoms with van der Waals surface area (Å²) in [5, 5.41) is 0. The number of hydrogen-bond acceptors (Lipinski definition) is 2. The summed E-state index contributed by atoms with van der Waals surface area (Å²) in [4.78, 5) is 25.2. The molecule has 0 spiro atoms. The van der Waals surface area contributed by atoms with E-state index in [1.165, 1.54) is 4.90 Å². The van der Waals surface area contributed by atoms with E-state index < -0.39 is 0 Å². The number of carbonyl (C=O) groups is 2. The van der Waals surface area contributed by atoms with Crippen molar-refractivity contribution in [1.82, 2.24) is 4.90 Å². The summed E-state index contributed by atoms with van der Waals surface area (Å²) in [6, 6.07) is 7.33. The zero-order valence-electron chi connectivity index (χ0n) is 9.56. The Hall–Kier alpha value is -1.64. The number of fused-ring (bicyclic) bond motifs is 1. The number of benzene rings is 1. The largest absolute Gasteiger partial charge is 0.278 e. The first-order chi connectivity index (χ1) is 7.59. The van der Waals surface area contributed by atoms with E-state index in [1.54, 1.807) is 6.07 Å². The molecule has 3 nitrogen and oxygen atoms in total. The number of imide groups is 1. The quantitative estimate of drug-likeness (QED) is 0.709. The molecule has 0 radical (unpaired) electrons. The minimum atomic E-state index is -0.152. The van der Waals surface area contributed by atoms with Gasteiger partial charge in [0.2, 0.25) is 5.91 Å². The van der Waals surface area contributed by atoms with Crippen LogP contribution < -0.4 is 0 Å². The smallest absolute Gasteiger partial charge is 0.260 e. The molecule has 0 saturated heterocycles. The summed E-state index contributed by atoms with van der Waals surface area (Å²) in [7, 11) is 0. The molecular weight excluding hydrogens is 202 g/mol. The molecule has 16 heavy (non-hydrogen) atoms. The second kappa shape index (κ2) is 4.08. The number of rotatable bonds is 2. The van der Waals surface area contributed by atoms with Crippen LogP contribution >= 0.6 is 0 Å². The Balaban J connectivity index is 2.34. The highest BCUT2D eigenvalue weighted by atomic mass is 16.2. The Bertz CT molecular complexity index is 437. The van der Waals surface area contributed by atoms with Gasteiger partial charge in [-0.05, 0) is 17.5 Å². The van der Waals surface area contributed by atoms with Crippen LogP contribution in [0.1, 0.15) is 29.8 Å². The minimum absolute atomic E-state index is 0.0857. The van der Waals surface area contributed by atoms with Gasteiger partial charge >= 0.3 is 0 Å². The van der Waals surface area contributed by atoms with E-state index in [4.69, 9.17) is 0 Å². The first-order valence-corrected chi connectivity index (χ1v) is 5.52. The Labute approximate surface area is 95.1 Å². The summed E-state index contributed by atoms with van der Waals surface area (Å²) < 4.78 is 0. The second-order valence-electron chi connectivity index (χ2n) is 4.54. The van der Waals surface area contributed by atoms with Crippen molar-refractivity contribution in [3.63, 3.8) is 0 Å². The third kappa shape index (κ3) is 1.85. The Morgan fingerprint density at radius 3 is 2.62 bits per heavy atom. The number of nitrogens with zero attached hydrogens (tertiary/aromatic N) is 1. The molecule has 1 aliphatic heterocycles. The maximum atomic E-state index is 12.1. The van der Waals surface area contributed by atoms with Crippen LogP contribution in [-0.4, -0.2) is 23.3 Å². The number of amides is 2. The van der Waals surface area contributed by atoms with Crippen molar-refractivity contribution < 1.29 is 9.59 Å². The highest BCUT2D eigenvalue weighted by Gasteiger charge is 2.30. The molecule has 1 aliphatic rings. The SMILES string of the molecule is CC(C)CN1C(=O)Cc2ccccc2C1=O. The fraction of sp³-hybridized carbons (Fsp3) is 0.385. The summed E-state index contributed by atoms with van der Waals surface area (Å²) >= 11 is 0. The predicted molar refractivity (Wildman–Crippen MR) is 61.0 cm³/mol. The average molecular weight is 217 g/mol. The molecule has 84 valence electrons. The van der Waals surface area contributed by atoms with Gasteiger partial charge in [-0.25, -0.2) is 0 Å². The molecule has 1 heterocycles. The molecule has 1 aromatic rings. The van der Waals surface area contributed by atoms with Crippen molar-refractivity contribution in [3.05, 3.63) is 35.4 Å². The molecular formula is C13H15NO2. The van der Waals surface area contributed by atoms with Crippen LogP contribution in [0.15, 0.2) is 24.3 Å². The third-order valence-electron chi connectivity index (χ3n) is 2.68. The minimum Gasteiger partial charge on any atom is -0.278 e. The van der Waals surface area contributed by atoms with Gasteiger partial charge in [0.15, 0.2) is 0 Å². The molecule has 3 heteroatoms. The molecule has 0 aliphatic carbocycles. The van der Waals surface area contributed by atoms with Crippen molar-refractivity contribution in [2.75, 3.05) is 6.54 Å². The summed E-state index contributed by atoms with van der Waals surface area (Å²) in [5.41, 5.74) is 1.51. The maximum absolute atomic E-state index is 12.1. The molecule has 0 aromatic heterocycles. The van der Waals surface area contributed by atoms with Crippen LogP contribution in [0.3, 0.4) is 0 Å². The van der Waals surface area contributed by atoms with Crippen molar-refractivity contribution in [2.45, 2.75) is 20.3 Å². The fourth-order valence-corrected chi connectivity index (χ4v) is 1.95. The lowest BCUT2D eigenvalue weighted by molar-refractivity contribution is -0.128. The van der Waals surface area contributed by atoms with Crippen LogP contribution in [0, 0.1) is 5.92 Å². The van der Waals surface area contributed by atoms with Gasteiger partial charge in [0.05, 0.1) is 6.42 Å². The lowest BCUT2D eigenvalue weighted by Crippen LogP contribution is -2.44. The zero-order valence-corrected chi connectivity index (χ0v) is 9.56. The summed E-state index contributed by atoms with van der Waals surface area (Å²) in [5.74, 6) is 0.0658. The molecule has 0 N–H and O–H groups in total. The first kappa shape index (κ1) is 10.9. The molecule has 0 bridgehead atoms. The van der Waals surface area contributed by atoms with Gasteiger partial charge in [0.1, 0.15) is 0 Å². The molecule has 0 saturated carbocycles. The van der Waals surface area contributed by atoms with E-state index >= 15 is 0 Å². The molecule has 0 unspecified atom stereocenters. The topological polar surface area (TPSA) is 37.4 Å². The summed E-state index contributed by atoms with van der Waals surface area (Å²) in [6.45, 7) is 4.51. The van der Waals surface area contributed by atoms with Gasteiger partial charge in [0, 0.05) is 12.1 Å². The van der Waals surface area contributed by atoms with Crippen LogP contribution in [0.25, 0.3) is 0 Å². The first-order valence-electron chi connectivity index (χ1n) is 5.52. The third-order valence-corrected chi connectivity index (χ3v) is 2.68. The lowest BCUT2D eigenvalue weighted by Gasteiger charge is -2.28. The molecule has 1 aromatic carbocycles. The Morgan fingerprint density at radius 1 is 1.25 bits per heavy atom. The molecule has 2 rings (SSSR count). The van der Waals surface area contributed by atoms with E-state index in [-0.39, 0.29) is 11.8 Å². The van der Waals surface area contributed by atoms with Gasteiger partial charge in [0.25, 0.3) is 5.91 Å². The van der Waals surface area contributed by atoms with Gasteiger partial charge in [-0.3, -0.25) is 14.5 Å². The maximum Gasteiger partial charge on any atom is 0.260 e. The molecule has 2 amide bonds. The summed E-state index contributed by atoms with van der Waals surface area (Å²) in [6.07, 6.45) is 0.342. The molecule has 0 fully saturated rings. The van der Waals surface area contributed by atoms with Crippen molar-refractivity contribution in [1.29, 1.82) is 0 Å². The molecule has 0 atom stereocenters. The highest BCUT2D eigenvalue weighted by Crippen LogP contribution is 2.20. The average Bonchev–Trinajstić information content (AvgIpc) is 2.24. The fourth-order valence-electron chi connectivity index (χ4n) is 1.95. The van der Waals surface area contributed by atoms with Gasteiger partial charge in [-0.2, -0.15) is 0 Å². The Morgan fingerprint density at radius 2 is 1.94 bits per heavy atom. The van der Waals surface area contributed by atoms with E-state index in [0.717, 1.165) is 5.56 Å². The normalized spacial score (nSPS) is 15.6. The van der Waals surface area contributed by atoms with Crippen LogP contribution in [0.4, 0.5) is 0 Å². The van der Waals surface area contributed by atoms with Crippen molar-refractivity contribution in [2.24, 2.45) is 5.92 Å². The van der Waals surface area contributed by atoms with Gasteiger partial charge < -0.3 is 0 Å². The zero-order chi connectivity index (χ0) is 11.7. The monoisotopic (exact) mass is 217 g/mol. The van der Waals surface area contributed by atoms with E-state index in [1.807, 2.05) is 32.0 Å². The standard InChI is InChI=1S/C13H15NO2/c1-9(2)8-14-12(15)7-10-5-3-4-6-11(10)13(14)16/h3-6,9H,7-8H2,1-2H3. The second-order valence-corrected chi connectivity index (χ2v) is 4.54. The van der Waals surface area contributed by atoms with Crippen molar-refractivity contribution in [3.8, 4) is 0 Å². The van der Waals surface area contributed by atoms with Crippen molar-refractivity contribution >= 4 is 11.8 Å². The van der Waals surface area contributed by atoms with Crippen LogP contribution in [0.2, 0.25) is 0 Å².